The van der Waals surface area contributed by atoms with E-state index in [2.05, 4.69) is 37.2 Å². The third-order valence-electron chi connectivity index (χ3n) is 6.20. The minimum atomic E-state index is 0.254. The molecule has 1 amide bonds. The molecule has 28 heavy (non-hydrogen) atoms. The zero-order chi connectivity index (χ0) is 19.3. The number of carbonyl (C=O) groups excluding carboxylic acids is 1. The Morgan fingerprint density at radius 2 is 2.00 bits per heavy atom. The van der Waals surface area contributed by atoms with E-state index in [4.69, 9.17) is 4.99 Å². The van der Waals surface area contributed by atoms with E-state index in [0.29, 0.717) is 12.5 Å². The fraction of sp³-hybridized carbons (Fsp3) is 0.800. The second kappa shape index (κ2) is 8.92. The summed E-state index contributed by atoms with van der Waals surface area (Å²) in [5, 5.41) is 15.4. The van der Waals surface area contributed by atoms with E-state index in [1.807, 2.05) is 0 Å². The summed E-state index contributed by atoms with van der Waals surface area (Å²) < 4.78 is 2.19. The van der Waals surface area contributed by atoms with Crippen LogP contribution in [0.3, 0.4) is 0 Å². The van der Waals surface area contributed by atoms with Crippen LogP contribution in [-0.2, 0) is 24.3 Å². The molecule has 2 aliphatic heterocycles. The number of hydrogen-bond donors (Lipinski definition) is 2. The number of likely N-dealkylation sites (tertiary alicyclic amines) is 1. The highest BCUT2D eigenvalue weighted by atomic mass is 16.2. The van der Waals surface area contributed by atoms with E-state index in [0.717, 1.165) is 75.9 Å². The molecule has 0 bridgehead atoms. The molecular weight excluding hydrogens is 354 g/mol. The number of aromatic nitrogens is 3. The van der Waals surface area contributed by atoms with Gasteiger partial charge in [0.05, 0.1) is 0 Å². The van der Waals surface area contributed by atoms with E-state index in [-0.39, 0.29) is 12.0 Å². The van der Waals surface area contributed by atoms with Crippen molar-refractivity contribution >= 4 is 11.9 Å². The van der Waals surface area contributed by atoms with Crippen molar-refractivity contribution in [2.45, 2.75) is 77.4 Å². The van der Waals surface area contributed by atoms with Crippen LogP contribution in [0.1, 0.15) is 63.5 Å². The third kappa shape index (κ3) is 4.31. The summed E-state index contributed by atoms with van der Waals surface area (Å²) >= 11 is 0. The fourth-order valence-electron chi connectivity index (χ4n) is 4.68. The SMILES string of the molecule is CCNC(=NCc1nnc2n1CCC2)NC1CCN(C(=O)C2CCCCC2)C1. The lowest BCUT2D eigenvalue weighted by Crippen LogP contribution is -2.45. The maximum absolute atomic E-state index is 12.8. The Balaban J connectivity index is 1.32. The smallest absolute Gasteiger partial charge is 0.225 e. The van der Waals surface area contributed by atoms with Crippen molar-refractivity contribution in [3.63, 3.8) is 0 Å². The Bertz CT molecular complexity index is 707. The molecule has 3 aliphatic rings. The summed E-state index contributed by atoms with van der Waals surface area (Å²) in [5.74, 6) is 3.44. The molecular formula is C20H33N7O. The summed E-state index contributed by atoms with van der Waals surface area (Å²) in [6, 6.07) is 0.259. The molecule has 3 heterocycles. The number of hydrogen-bond acceptors (Lipinski definition) is 4. The fourth-order valence-corrected chi connectivity index (χ4v) is 4.68. The van der Waals surface area contributed by atoms with E-state index in [9.17, 15) is 4.79 Å². The predicted octanol–water partition coefficient (Wildman–Crippen LogP) is 1.46. The summed E-state index contributed by atoms with van der Waals surface area (Å²) in [5.41, 5.74) is 0. The molecule has 1 unspecified atom stereocenters. The zero-order valence-electron chi connectivity index (χ0n) is 17.0. The molecule has 8 heteroatoms. The molecule has 1 saturated heterocycles. The van der Waals surface area contributed by atoms with Gasteiger partial charge in [0.2, 0.25) is 5.91 Å². The van der Waals surface area contributed by atoms with Crippen LogP contribution in [0.5, 0.6) is 0 Å². The number of rotatable bonds is 5. The maximum atomic E-state index is 12.8. The second-order valence-electron chi connectivity index (χ2n) is 8.23. The quantitative estimate of drug-likeness (QED) is 0.590. The number of nitrogens with zero attached hydrogens (tertiary/aromatic N) is 5. The Hall–Kier alpha value is -2.12. The topological polar surface area (TPSA) is 87.4 Å². The summed E-state index contributed by atoms with van der Waals surface area (Å²) in [7, 11) is 0. The van der Waals surface area contributed by atoms with Gasteiger partial charge in [-0.05, 0) is 32.6 Å². The molecule has 0 aromatic carbocycles. The monoisotopic (exact) mass is 387 g/mol. The molecule has 1 saturated carbocycles. The van der Waals surface area contributed by atoms with Crippen LogP contribution in [0.2, 0.25) is 0 Å². The largest absolute Gasteiger partial charge is 0.357 e. The van der Waals surface area contributed by atoms with Crippen molar-refractivity contribution in [2.24, 2.45) is 10.9 Å². The molecule has 2 fully saturated rings. The van der Waals surface area contributed by atoms with Crippen LogP contribution in [0.15, 0.2) is 4.99 Å². The molecule has 0 spiro atoms. The lowest BCUT2D eigenvalue weighted by atomic mass is 9.88. The van der Waals surface area contributed by atoms with Crippen LogP contribution < -0.4 is 10.6 Å². The number of aliphatic imine (C=N–C) groups is 1. The van der Waals surface area contributed by atoms with Crippen LogP contribution in [-0.4, -0.2) is 57.2 Å². The average Bonchev–Trinajstić information content (AvgIpc) is 3.44. The summed E-state index contributed by atoms with van der Waals surface area (Å²) in [6.07, 6.45) is 8.97. The number of nitrogens with one attached hydrogen (secondary N) is 2. The molecule has 1 aromatic heterocycles. The molecule has 2 N–H and O–H groups in total. The van der Waals surface area contributed by atoms with Gasteiger partial charge in [0.1, 0.15) is 12.4 Å². The molecule has 1 aliphatic carbocycles. The van der Waals surface area contributed by atoms with Gasteiger partial charge in [0.15, 0.2) is 11.8 Å². The summed E-state index contributed by atoms with van der Waals surface area (Å²) in [4.78, 5) is 19.6. The Labute approximate surface area is 167 Å². The van der Waals surface area contributed by atoms with Crippen LogP contribution in [0.4, 0.5) is 0 Å². The standard InChI is InChI=1S/C20H33N7O/c1-2-21-20(22-13-18-25-24-17-9-6-11-27(17)18)23-16-10-12-26(14-16)19(28)15-7-4-3-5-8-15/h15-16H,2-14H2,1H3,(H2,21,22,23). The maximum Gasteiger partial charge on any atom is 0.225 e. The van der Waals surface area contributed by atoms with Crippen molar-refractivity contribution in [2.75, 3.05) is 19.6 Å². The van der Waals surface area contributed by atoms with Crippen molar-refractivity contribution in [1.82, 2.24) is 30.3 Å². The minimum Gasteiger partial charge on any atom is -0.357 e. The number of fused-ring (bicyclic) bond motifs is 1. The highest BCUT2D eigenvalue weighted by Gasteiger charge is 2.31. The van der Waals surface area contributed by atoms with Gasteiger partial charge < -0.3 is 20.1 Å². The van der Waals surface area contributed by atoms with Gasteiger partial charge in [0.25, 0.3) is 0 Å². The van der Waals surface area contributed by atoms with Gasteiger partial charge in [-0.1, -0.05) is 19.3 Å². The van der Waals surface area contributed by atoms with E-state index in [1.165, 1.54) is 19.3 Å². The number of aryl methyl sites for hydroxylation is 1. The summed E-state index contributed by atoms with van der Waals surface area (Å²) in [6.45, 7) is 6.03. The van der Waals surface area contributed by atoms with E-state index < -0.39 is 0 Å². The van der Waals surface area contributed by atoms with Gasteiger partial charge >= 0.3 is 0 Å². The highest BCUT2D eigenvalue weighted by Crippen LogP contribution is 2.26. The van der Waals surface area contributed by atoms with Crippen molar-refractivity contribution in [1.29, 1.82) is 0 Å². The van der Waals surface area contributed by atoms with E-state index in [1.54, 1.807) is 0 Å². The van der Waals surface area contributed by atoms with Crippen molar-refractivity contribution < 1.29 is 4.79 Å². The van der Waals surface area contributed by atoms with Gasteiger partial charge in [0, 0.05) is 44.6 Å². The molecule has 154 valence electrons. The minimum absolute atomic E-state index is 0.254. The van der Waals surface area contributed by atoms with Gasteiger partial charge in [-0.2, -0.15) is 0 Å². The van der Waals surface area contributed by atoms with Crippen molar-refractivity contribution in [3.05, 3.63) is 11.6 Å². The highest BCUT2D eigenvalue weighted by molar-refractivity contribution is 5.81. The molecule has 0 radical (unpaired) electrons. The number of amides is 1. The van der Waals surface area contributed by atoms with Gasteiger partial charge in [-0.3, -0.25) is 4.79 Å². The Kier molecular flexibility index (Phi) is 6.12. The molecule has 1 aromatic rings. The predicted molar refractivity (Wildman–Crippen MR) is 108 cm³/mol. The Morgan fingerprint density at radius 3 is 2.82 bits per heavy atom. The lowest BCUT2D eigenvalue weighted by Gasteiger charge is -2.26. The Morgan fingerprint density at radius 1 is 1.14 bits per heavy atom. The molecule has 8 nitrogen and oxygen atoms in total. The van der Waals surface area contributed by atoms with Gasteiger partial charge in [-0.15, -0.1) is 10.2 Å². The first-order chi connectivity index (χ1) is 13.7. The number of guanidine groups is 1. The first-order valence-electron chi connectivity index (χ1n) is 11.0. The molecule has 4 rings (SSSR count). The first-order valence-corrected chi connectivity index (χ1v) is 11.0. The lowest BCUT2D eigenvalue weighted by molar-refractivity contribution is -0.135. The zero-order valence-corrected chi connectivity index (χ0v) is 17.0. The second-order valence-corrected chi connectivity index (χ2v) is 8.23. The first kappa shape index (κ1) is 19.2. The molecule has 1 atom stereocenters. The van der Waals surface area contributed by atoms with Crippen molar-refractivity contribution in [3.8, 4) is 0 Å². The van der Waals surface area contributed by atoms with Crippen LogP contribution in [0.25, 0.3) is 0 Å². The third-order valence-corrected chi connectivity index (χ3v) is 6.20. The van der Waals surface area contributed by atoms with Crippen LogP contribution >= 0.6 is 0 Å². The van der Waals surface area contributed by atoms with E-state index >= 15 is 0 Å². The van der Waals surface area contributed by atoms with Gasteiger partial charge in [-0.25, -0.2) is 4.99 Å². The van der Waals surface area contributed by atoms with Crippen LogP contribution in [0, 0.1) is 5.92 Å². The normalized spacial score (nSPS) is 23.1. The number of carbonyl (C=O) groups is 1. The average molecular weight is 388 g/mol.